The second-order valence-electron chi connectivity index (χ2n) is 3.18. The Hall–Kier alpha value is -1.05. The van der Waals surface area contributed by atoms with Gasteiger partial charge in [0.2, 0.25) is 5.91 Å². The van der Waals surface area contributed by atoms with Gasteiger partial charge in [0.25, 0.3) is 0 Å². The number of amides is 1. The largest absolute Gasteiger partial charge is 0.333 e. The highest BCUT2D eigenvalue weighted by Gasteiger charge is 2.08. The van der Waals surface area contributed by atoms with E-state index in [0.29, 0.717) is 0 Å². The number of carbonyl (C=O) groups excluding carboxylic acids is 1. The molecule has 0 aliphatic heterocycles. The van der Waals surface area contributed by atoms with E-state index in [2.05, 4.69) is 11.9 Å². The Labute approximate surface area is 73.4 Å². The molecule has 0 atom stereocenters. The van der Waals surface area contributed by atoms with Gasteiger partial charge in [-0.3, -0.25) is 4.79 Å². The Balaban J connectivity index is 2.53. The molecule has 1 aliphatic carbocycles. The summed E-state index contributed by atoms with van der Waals surface area (Å²) in [7, 11) is 0. The third-order valence-corrected chi connectivity index (χ3v) is 2.08. The molecule has 1 rings (SSSR count). The van der Waals surface area contributed by atoms with Gasteiger partial charge in [-0.1, -0.05) is 12.2 Å². The standard InChI is InChI=1S/C10H15NO/c1-8-5-3-4-6-10(8)7-11-9(2)12/h7H,1,3-6H2,2H3,(H,11,12)/b10-7-. The zero-order chi connectivity index (χ0) is 8.97. The highest BCUT2D eigenvalue weighted by atomic mass is 16.1. The van der Waals surface area contributed by atoms with Crippen LogP contribution in [0, 0.1) is 0 Å². The van der Waals surface area contributed by atoms with Crippen LogP contribution in [-0.4, -0.2) is 5.91 Å². The molecule has 0 unspecified atom stereocenters. The molecule has 1 saturated carbocycles. The molecule has 1 N–H and O–H groups in total. The number of allylic oxidation sites excluding steroid dienone is 2. The van der Waals surface area contributed by atoms with Crippen LogP contribution >= 0.6 is 0 Å². The van der Waals surface area contributed by atoms with Gasteiger partial charge in [0.05, 0.1) is 0 Å². The molecule has 1 aliphatic rings. The summed E-state index contributed by atoms with van der Waals surface area (Å²) < 4.78 is 0. The van der Waals surface area contributed by atoms with Gasteiger partial charge in [-0.2, -0.15) is 0 Å². The van der Waals surface area contributed by atoms with Crippen LogP contribution in [-0.2, 0) is 4.79 Å². The first kappa shape index (κ1) is 9.04. The zero-order valence-electron chi connectivity index (χ0n) is 7.52. The van der Waals surface area contributed by atoms with Crippen molar-refractivity contribution in [1.29, 1.82) is 0 Å². The van der Waals surface area contributed by atoms with Crippen LogP contribution in [0.4, 0.5) is 0 Å². The average Bonchev–Trinajstić information content (AvgIpc) is 2.03. The van der Waals surface area contributed by atoms with E-state index in [1.807, 2.05) is 0 Å². The van der Waals surface area contributed by atoms with Crippen molar-refractivity contribution in [3.8, 4) is 0 Å². The number of hydrogen-bond acceptors (Lipinski definition) is 1. The van der Waals surface area contributed by atoms with Gasteiger partial charge in [0.1, 0.15) is 0 Å². The molecule has 0 radical (unpaired) electrons. The molecule has 12 heavy (non-hydrogen) atoms. The lowest BCUT2D eigenvalue weighted by molar-refractivity contribution is -0.118. The molecule has 0 aromatic carbocycles. The second kappa shape index (κ2) is 4.10. The molecule has 0 aromatic rings. The molecular formula is C10H15NO. The van der Waals surface area contributed by atoms with Crippen LogP contribution in [0.15, 0.2) is 23.9 Å². The van der Waals surface area contributed by atoms with Gasteiger partial charge in [0.15, 0.2) is 0 Å². The Morgan fingerprint density at radius 1 is 1.50 bits per heavy atom. The summed E-state index contributed by atoms with van der Waals surface area (Å²) in [6.45, 7) is 5.47. The lowest BCUT2D eigenvalue weighted by Crippen LogP contribution is -2.14. The Bertz CT molecular complexity index is 228. The molecule has 0 aromatic heterocycles. The minimum Gasteiger partial charge on any atom is -0.333 e. The summed E-state index contributed by atoms with van der Waals surface area (Å²) in [6, 6.07) is 0. The number of hydrogen-bond donors (Lipinski definition) is 1. The third-order valence-electron chi connectivity index (χ3n) is 2.08. The molecular weight excluding hydrogens is 150 g/mol. The fourth-order valence-electron chi connectivity index (χ4n) is 1.35. The molecule has 1 amide bonds. The molecule has 0 saturated heterocycles. The fraction of sp³-hybridized carbons (Fsp3) is 0.500. The third kappa shape index (κ3) is 2.53. The maximum Gasteiger partial charge on any atom is 0.220 e. The zero-order valence-corrected chi connectivity index (χ0v) is 7.52. The summed E-state index contributed by atoms with van der Waals surface area (Å²) in [5.74, 6) is -0.0131. The van der Waals surface area contributed by atoms with Gasteiger partial charge < -0.3 is 5.32 Å². The van der Waals surface area contributed by atoms with Crippen molar-refractivity contribution in [2.24, 2.45) is 0 Å². The minimum atomic E-state index is -0.0131. The van der Waals surface area contributed by atoms with Crippen molar-refractivity contribution >= 4 is 5.91 Å². The van der Waals surface area contributed by atoms with Crippen LogP contribution < -0.4 is 5.32 Å². The van der Waals surface area contributed by atoms with Crippen molar-refractivity contribution < 1.29 is 4.79 Å². The predicted molar refractivity (Wildman–Crippen MR) is 49.5 cm³/mol. The SMILES string of the molecule is C=C1CCCC/C1=C/NC(C)=O. The quantitative estimate of drug-likeness (QED) is 0.633. The maximum atomic E-state index is 10.6. The van der Waals surface area contributed by atoms with E-state index in [1.54, 1.807) is 6.20 Å². The minimum absolute atomic E-state index is 0.0131. The molecule has 66 valence electrons. The van der Waals surface area contributed by atoms with E-state index in [1.165, 1.54) is 30.9 Å². The van der Waals surface area contributed by atoms with Crippen molar-refractivity contribution in [1.82, 2.24) is 5.32 Å². The van der Waals surface area contributed by atoms with Crippen molar-refractivity contribution in [3.05, 3.63) is 23.9 Å². The van der Waals surface area contributed by atoms with E-state index < -0.39 is 0 Å². The van der Waals surface area contributed by atoms with Crippen LogP contribution in [0.1, 0.15) is 32.6 Å². The lowest BCUT2D eigenvalue weighted by Gasteiger charge is -2.16. The predicted octanol–water partition coefficient (Wildman–Crippen LogP) is 2.14. The maximum absolute atomic E-state index is 10.6. The first-order valence-corrected chi connectivity index (χ1v) is 4.34. The summed E-state index contributed by atoms with van der Waals surface area (Å²) >= 11 is 0. The smallest absolute Gasteiger partial charge is 0.220 e. The van der Waals surface area contributed by atoms with Gasteiger partial charge >= 0.3 is 0 Å². The lowest BCUT2D eigenvalue weighted by atomic mass is 9.91. The van der Waals surface area contributed by atoms with Crippen LogP contribution in [0.25, 0.3) is 0 Å². The summed E-state index contributed by atoms with van der Waals surface area (Å²) in [4.78, 5) is 10.6. The summed E-state index contributed by atoms with van der Waals surface area (Å²) in [5, 5.41) is 2.68. The first-order chi connectivity index (χ1) is 5.70. The monoisotopic (exact) mass is 165 g/mol. The number of nitrogens with one attached hydrogen (secondary N) is 1. The molecule has 2 heteroatoms. The van der Waals surface area contributed by atoms with Crippen LogP contribution in [0.5, 0.6) is 0 Å². The van der Waals surface area contributed by atoms with Gasteiger partial charge in [-0.05, 0) is 31.3 Å². The van der Waals surface area contributed by atoms with E-state index in [-0.39, 0.29) is 5.91 Å². The van der Waals surface area contributed by atoms with E-state index in [0.717, 1.165) is 12.8 Å². The topological polar surface area (TPSA) is 29.1 Å². The van der Waals surface area contributed by atoms with Crippen molar-refractivity contribution in [3.63, 3.8) is 0 Å². The fourth-order valence-corrected chi connectivity index (χ4v) is 1.35. The Morgan fingerprint density at radius 2 is 2.17 bits per heavy atom. The highest BCUT2D eigenvalue weighted by Crippen LogP contribution is 2.26. The molecule has 0 spiro atoms. The van der Waals surface area contributed by atoms with E-state index >= 15 is 0 Å². The van der Waals surface area contributed by atoms with Crippen molar-refractivity contribution in [2.75, 3.05) is 0 Å². The Kier molecular flexibility index (Phi) is 3.09. The summed E-state index contributed by atoms with van der Waals surface area (Å²) in [5.41, 5.74) is 2.38. The molecule has 2 nitrogen and oxygen atoms in total. The summed E-state index contributed by atoms with van der Waals surface area (Å²) in [6.07, 6.45) is 6.37. The van der Waals surface area contributed by atoms with E-state index in [9.17, 15) is 4.79 Å². The van der Waals surface area contributed by atoms with Crippen LogP contribution in [0.3, 0.4) is 0 Å². The van der Waals surface area contributed by atoms with Gasteiger partial charge in [0, 0.05) is 13.1 Å². The van der Waals surface area contributed by atoms with Crippen LogP contribution in [0.2, 0.25) is 0 Å². The normalized spacial score (nSPS) is 21.1. The Morgan fingerprint density at radius 3 is 2.75 bits per heavy atom. The molecule has 0 bridgehead atoms. The van der Waals surface area contributed by atoms with Crippen molar-refractivity contribution in [2.45, 2.75) is 32.6 Å². The number of rotatable bonds is 1. The van der Waals surface area contributed by atoms with Gasteiger partial charge in [-0.25, -0.2) is 0 Å². The van der Waals surface area contributed by atoms with E-state index in [4.69, 9.17) is 0 Å². The number of carbonyl (C=O) groups is 1. The molecule has 0 heterocycles. The van der Waals surface area contributed by atoms with Gasteiger partial charge in [-0.15, -0.1) is 0 Å². The second-order valence-corrected chi connectivity index (χ2v) is 3.18. The molecule has 1 fully saturated rings. The average molecular weight is 165 g/mol. The first-order valence-electron chi connectivity index (χ1n) is 4.34. The highest BCUT2D eigenvalue weighted by molar-refractivity contribution is 5.74.